The fourth-order valence-corrected chi connectivity index (χ4v) is 3.24. The van der Waals surface area contributed by atoms with E-state index >= 15 is 0 Å². The Morgan fingerprint density at radius 3 is 2.58 bits per heavy atom. The number of aromatic nitrogens is 2. The molecule has 0 fully saturated rings. The molecule has 0 radical (unpaired) electrons. The van der Waals surface area contributed by atoms with Gasteiger partial charge in [0, 0.05) is 17.3 Å². The van der Waals surface area contributed by atoms with Crippen LogP contribution in [-0.2, 0) is 4.79 Å². The van der Waals surface area contributed by atoms with Gasteiger partial charge >= 0.3 is 0 Å². The highest BCUT2D eigenvalue weighted by Gasteiger charge is 2.17. The molecule has 1 heterocycles. The van der Waals surface area contributed by atoms with Gasteiger partial charge in [0.25, 0.3) is 5.56 Å². The zero-order chi connectivity index (χ0) is 18.5. The number of carbonyl (C=O) groups excluding carboxylic acids is 1. The minimum Gasteiger partial charge on any atom is -0.383 e. The van der Waals surface area contributed by atoms with E-state index in [1.807, 2.05) is 54.6 Å². The molecule has 0 bridgehead atoms. The minimum absolute atomic E-state index is 0.123. The summed E-state index contributed by atoms with van der Waals surface area (Å²) in [6.07, 6.45) is 0. The molecule has 0 unspecified atom stereocenters. The quantitative estimate of drug-likeness (QED) is 0.476. The van der Waals surface area contributed by atoms with E-state index in [0.717, 1.165) is 28.6 Å². The second-order valence-corrected chi connectivity index (χ2v) is 6.97. The summed E-state index contributed by atoms with van der Waals surface area (Å²) in [7, 11) is 0. The molecule has 6 nitrogen and oxygen atoms in total. The van der Waals surface area contributed by atoms with Crippen molar-refractivity contribution in [3.8, 4) is 11.1 Å². The topological polar surface area (TPSA) is 101 Å². The van der Waals surface area contributed by atoms with Gasteiger partial charge in [0.2, 0.25) is 5.91 Å². The van der Waals surface area contributed by atoms with Crippen molar-refractivity contribution < 1.29 is 4.79 Å². The summed E-state index contributed by atoms with van der Waals surface area (Å²) in [5, 5.41) is 2.79. The number of carbonyl (C=O) groups is 1. The molecule has 132 valence electrons. The summed E-state index contributed by atoms with van der Waals surface area (Å²) >= 11 is 1.14. The number of nitrogen functional groups attached to an aromatic ring is 1. The summed E-state index contributed by atoms with van der Waals surface area (Å²) in [5.74, 6) is -0.0678. The van der Waals surface area contributed by atoms with Crippen molar-refractivity contribution in [2.24, 2.45) is 0 Å². The molecule has 4 N–H and O–H groups in total. The summed E-state index contributed by atoms with van der Waals surface area (Å²) in [5.41, 5.74) is 7.91. The largest absolute Gasteiger partial charge is 0.383 e. The molecule has 1 aromatic heterocycles. The van der Waals surface area contributed by atoms with Gasteiger partial charge in [-0.1, -0.05) is 60.3 Å². The van der Waals surface area contributed by atoms with E-state index in [0.29, 0.717) is 5.16 Å². The number of hydrogen-bond acceptors (Lipinski definition) is 5. The van der Waals surface area contributed by atoms with E-state index in [-0.39, 0.29) is 17.3 Å². The van der Waals surface area contributed by atoms with Gasteiger partial charge in [0.05, 0.1) is 5.25 Å². The first kappa shape index (κ1) is 17.8. The maximum Gasteiger partial charge on any atom is 0.253 e. The van der Waals surface area contributed by atoms with Crippen LogP contribution in [0.1, 0.15) is 6.92 Å². The zero-order valence-electron chi connectivity index (χ0n) is 14.1. The third kappa shape index (κ3) is 4.31. The van der Waals surface area contributed by atoms with Crippen LogP contribution in [0.15, 0.2) is 70.6 Å². The predicted molar refractivity (Wildman–Crippen MR) is 105 cm³/mol. The molecule has 3 aromatic rings. The lowest BCUT2D eigenvalue weighted by Gasteiger charge is -2.14. The number of aromatic amines is 1. The Morgan fingerprint density at radius 1 is 1.15 bits per heavy atom. The number of benzene rings is 2. The Kier molecular flexibility index (Phi) is 5.38. The van der Waals surface area contributed by atoms with E-state index in [2.05, 4.69) is 15.3 Å². The fraction of sp³-hybridized carbons (Fsp3) is 0.105. The van der Waals surface area contributed by atoms with Crippen LogP contribution in [0.2, 0.25) is 0 Å². The first-order chi connectivity index (χ1) is 12.5. The van der Waals surface area contributed by atoms with Crippen LogP contribution < -0.4 is 16.6 Å². The highest BCUT2D eigenvalue weighted by atomic mass is 32.2. The Balaban J connectivity index is 1.77. The second kappa shape index (κ2) is 7.88. The molecule has 0 spiro atoms. The van der Waals surface area contributed by atoms with Crippen molar-refractivity contribution in [3.05, 3.63) is 71.0 Å². The third-order valence-corrected chi connectivity index (χ3v) is 4.65. The lowest BCUT2D eigenvalue weighted by Crippen LogP contribution is -2.23. The summed E-state index contributed by atoms with van der Waals surface area (Å²) in [6.45, 7) is 1.74. The number of hydrogen-bond donors (Lipinski definition) is 3. The van der Waals surface area contributed by atoms with Crippen LogP contribution >= 0.6 is 11.8 Å². The lowest BCUT2D eigenvalue weighted by atomic mass is 10.0. The maximum atomic E-state index is 12.6. The van der Waals surface area contributed by atoms with Gasteiger partial charge < -0.3 is 16.0 Å². The molecule has 0 aliphatic rings. The number of nitrogens with two attached hydrogens (primary N) is 1. The number of nitrogens with one attached hydrogen (secondary N) is 2. The summed E-state index contributed by atoms with van der Waals surface area (Å²) < 4.78 is 0. The number of thioether (sulfide) groups is 1. The molecular weight excluding hydrogens is 348 g/mol. The molecule has 3 rings (SSSR count). The molecule has 0 aliphatic carbocycles. The van der Waals surface area contributed by atoms with Gasteiger partial charge in [0.15, 0.2) is 5.16 Å². The molecule has 0 saturated carbocycles. The van der Waals surface area contributed by atoms with E-state index < -0.39 is 5.25 Å². The Labute approximate surface area is 154 Å². The summed E-state index contributed by atoms with van der Waals surface area (Å²) in [6, 6.07) is 18.7. The minimum atomic E-state index is -0.469. The van der Waals surface area contributed by atoms with Gasteiger partial charge in [-0.25, -0.2) is 4.98 Å². The van der Waals surface area contributed by atoms with E-state index in [1.165, 1.54) is 6.07 Å². The van der Waals surface area contributed by atoms with E-state index in [9.17, 15) is 9.59 Å². The SMILES string of the molecule is C[C@@H](Sc1nc(N)cc(=O)[nH]1)C(=O)Nc1ccccc1-c1ccccc1. The van der Waals surface area contributed by atoms with Crippen molar-refractivity contribution in [3.63, 3.8) is 0 Å². The zero-order valence-corrected chi connectivity index (χ0v) is 14.9. The van der Waals surface area contributed by atoms with Gasteiger partial charge in [-0.2, -0.15) is 0 Å². The molecule has 2 aromatic carbocycles. The van der Waals surface area contributed by atoms with Crippen molar-refractivity contribution in [1.29, 1.82) is 0 Å². The number of H-pyrrole nitrogens is 1. The second-order valence-electron chi connectivity index (χ2n) is 5.64. The number of anilines is 2. The van der Waals surface area contributed by atoms with Crippen molar-refractivity contribution >= 4 is 29.2 Å². The molecule has 26 heavy (non-hydrogen) atoms. The van der Waals surface area contributed by atoms with Crippen molar-refractivity contribution in [1.82, 2.24) is 9.97 Å². The Bertz CT molecular complexity index is 973. The van der Waals surface area contributed by atoms with Crippen LogP contribution in [0.4, 0.5) is 11.5 Å². The highest BCUT2D eigenvalue weighted by Crippen LogP contribution is 2.28. The fourth-order valence-electron chi connectivity index (χ4n) is 2.43. The molecule has 0 saturated heterocycles. The third-order valence-electron chi connectivity index (χ3n) is 3.67. The normalized spacial score (nSPS) is 11.7. The highest BCUT2D eigenvalue weighted by molar-refractivity contribution is 8.00. The Morgan fingerprint density at radius 2 is 1.85 bits per heavy atom. The van der Waals surface area contributed by atoms with E-state index in [1.54, 1.807) is 6.92 Å². The van der Waals surface area contributed by atoms with Gasteiger partial charge in [-0.3, -0.25) is 9.59 Å². The predicted octanol–water partition coefficient (Wildman–Crippen LogP) is 3.14. The van der Waals surface area contributed by atoms with Crippen LogP contribution in [0.25, 0.3) is 11.1 Å². The van der Waals surface area contributed by atoms with Crippen molar-refractivity contribution in [2.45, 2.75) is 17.3 Å². The Hall–Kier alpha value is -3.06. The molecule has 0 aliphatic heterocycles. The number of amides is 1. The standard InChI is InChI=1S/C19H18N4O2S/c1-12(26-19-22-16(20)11-17(24)23-19)18(25)21-15-10-6-5-9-14(15)13-7-3-2-4-8-13/h2-12H,1H3,(H,21,25)(H3,20,22,23,24)/t12-/m1/s1. The van der Waals surface area contributed by atoms with Crippen LogP contribution in [-0.4, -0.2) is 21.1 Å². The lowest BCUT2D eigenvalue weighted by molar-refractivity contribution is -0.115. The number of para-hydroxylation sites is 1. The number of rotatable bonds is 5. The van der Waals surface area contributed by atoms with Crippen molar-refractivity contribution in [2.75, 3.05) is 11.1 Å². The van der Waals surface area contributed by atoms with Crippen LogP contribution in [0.5, 0.6) is 0 Å². The van der Waals surface area contributed by atoms with E-state index in [4.69, 9.17) is 5.73 Å². The van der Waals surface area contributed by atoms with Gasteiger partial charge in [0.1, 0.15) is 5.82 Å². The molecule has 7 heteroatoms. The first-order valence-electron chi connectivity index (χ1n) is 8.02. The maximum absolute atomic E-state index is 12.6. The average Bonchev–Trinajstić information content (AvgIpc) is 2.62. The monoisotopic (exact) mass is 366 g/mol. The van der Waals surface area contributed by atoms with Gasteiger partial charge in [-0.05, 0) is 18.6 Å². The summed E-state index contributed by atoms with van der Waals surface area (Å²) in [4.78, 5) is 30.7. The van der Waals surface area contributed by atoms with Crippen LogP contribution in [0, 0.1) is 0 Å². The first-order valence-corrected chi connectivity index (χ1v) is 8.90. The number of nitrogens with zero attached hydrogens (tertiary/aromatic N) is 1. The smallest absolute Gasteiger partial charge is 0.253 e. The molecular formula is C19H18N4O2S. The average molecular weight is 366 g/mol. The molecule has 1 atom stereocenters. The van der Waals surface area contributed by atoms with Gasteiger partial charge in [-0.15, -0.1) is 0 Å². The van der Waals surface area contributed by atoms with Crippen LogP contribution in [0.3, 0.4) is 0 Å². The molecule has 1 amide bonds.